The molecular formula is C48H94N2O2. The number of nitrogens with one attached hydrogen (secondary N) is 1. The van der Waals surface area contributed by atoms with E-state index in [9.17, 15) is 0 Å². The molecule has 6 aliphatic rings. The molecule has 0 radical (unpaired) electrons. The summed E-state index contributed by atoms with van der Waals surface area (Å²) in [7, 11) is 0. The summed E-state index contributed by atoms with van der Waals surface area (Å²) in [6.07, 6.45) is 35.5. The summed E-state index contributed by atoms with van der Waals surface area (Å²) < 4.78 is 11.7. The summed E-state index contributed by atoms with van der Waals surface area (Å²) in [6, 6.07) is 0.848. The summed E-state index contributed by atoms with van der Waals surface area (Å²) in [5, 5.41) is 3.50. The second-order valence-corrected chi connectivity index (χ2v) is 18.7. The van der Waals surface area contributed by atoms with Crippen molar-refractivity contribution in [3.8, 4) is 0 Å². The van der Waals surface area contributed by atoms with Gasteiger partial charge in [0.15, 0.2) is 0 Å². The van der Waals surface area contributed by atoms with Gasteiger partial charge in [0.05, 0.1) is 18.3 Å². The first-order chi connectivity index (χ1) is 25.2. The highest BCUT2D eigenvalue weighted by Gasteiger charge is 2.41. The zero-order valence-corrected chi connectivity index (χ0v) is 36.9. The van der Waals surface area contributed by atoms with Crippen LogP contribution in [0.5, 0.6) is 0 Å². The molecule has 2 spiro atoms. The number of hydrogen-bond acceptors (Lipinski definition) is 4. The van der Waals surface area contributed by atoms with Gasteiger partial charge in [-0.05, 0) is 197 Å². The highest BCUT2D eigenvalue weighted by molar-refractivity contribution is 4.94. The molecule has 0 bridgehead atoms. The second-order valence-electron chi connectivity index (χ2n) is 18.7. The molecule has 308 valence electrons. The molecule has 4 nitrogen and oxygen atoms in total. The van der Waals surface area contributed by atoms with Crippen LogP contribution in [0.1, 0.15) is 216 Å². The van der Waals surface area contributed by atoms with Gasteiger partial charge in [-0.15, -0.1) is 0 Å². The molecule has 0 amide bonds. The maximum absolute atomic E-state index is 6.19. The first kappa shape index (κ1) is 46.2. The largest absolute Gasteiger partial charge is 0.379 e. The van der Waals surface area contributed by atoms with Crippen molar-refractivity contribution in [1.29, 1.82) is 0 Å². The van der Waals surface area contributed by atoms with E-state index in [1.807, 2.05) is 13.8 Å². The zero-order valence-electron chi connectivity index (χ0n) is 36.9. The van der Waals surface area contributed by atoms with E-state index in [0.29, 0.717) is 18.3 Å². The van der Waals surface area contributed by atoms with Crippen LogP contribution in [0.25, 0.3) is 0 Å². The summed E-state index contributed by atoms with van der Waals surface area (Å²) in [5.41, 5.74) is 1.48. The van der Waals surface area contributed by atoms with Crippen molar-refractivity contribution in [2.75, 3.05) is 32.8 Å². The number of nitrogens with zero attached hydrogens (tertiary/aromatic N) is 1. The van der Waals surface area contributed by atoms with Crippen LogP contribution in [-0.2, 0) is 9.47 Å². The van der Waals surface area contributed by atoms with E-state index in [-0.39, 0.29) is 0 Å². The Bertz CT molecular complexity index is 843. The number of piperidine rings is 2. The molecule has 4 saturated carbocycles. The van der Waals surface area contributed by atoms with E-state index in [1.165, 1.54) is 174 Å². The molecule has 6 fully saturated rings. The number of hydrogen-bond donors (Lipinski definition) is 1. The third kappa shape index (κ3) is 15.1. The minimum absolute atomic E-state index is 0.442. The molecule has 4 heteroatoms. The highest BCUT2D eigenvalue weighted by atomic mass is 16.5. The van der Waals surface area contributed by atoms with Crippen LogP contribution in [-0.4, -0.2) is 62.0 Å². The fourth-order valence-corrected chi connectivity index (χ4v) is 11.1. The molecule has 2 aliphatic heterocycles. The fraction of sp³-hybridized carbons (Fsp3) is 1.00. The fourth-order valence-electron chi connectivity index (χ4n) is 11.1. The van der Waals surface area contributed by atoms with Crippen molar-refractivity contribution >= 4 is 0 Å². The lowest BCUT2D eigenvalue weighted by Gasteiger charge is -2.49. The SMILES string of the molecule is CC.CCC(C)C1CCC2(CCNCC2)CC1.CCC(C)OC1CCC(N2CCC3(CCC(C(C)CC)CC3)CC2)CC1.CCOC1CCCCC1. The van der Waals surface area contributed by atoms with E-state index in [1.54, 1.807) is 0 Å². The maximum Gasteiger partial charge on any atom is 0.0580 e. The van der Waals surface area contributed by atoms with E-state index in [2.05, 4.69) is 58.7 Å². The average molecular weight is 731 g/mol. The molecule has 2 saturated heterocycles. The van der Waals surface area contributed by atoms with Crippen molar-refractivity contribution in [3.05, 3.63) is 0 Å². The Morgan fingerprint density at radius 3 is 1.48 bits per heavy atom. The van der Waals surface area contributed by atoms with Crippen molar-refractivity contribution in [2.45, 2.75) is 241 Å². The zero-order chi connectivity index (χ0) is 37.8. The highest BCUT2D eigenvalue weighted by Crippen LogP contribution is 2.49. The summed E-state index contributed by atoms with van der Waals surface area (Å²) >= 11 is 0. The van der Waals surface area contributed by atoms with Crippen LogP contribution in [0.4, 0.5) is 0 Å². The van der Waals surface area contributed by atoms with Crippen molar-refractivity contribution in [3.63, 3.8) is 0 Å². The normalized spacial score (nSPS) is 29.0. The van der Waals surface area contributed by atoms with Crippen LogP contribution in [0.3, 0.4) is 0 Å². The Morgan fingerprint density at radius 1 is 0.558 bits per heavy atom. The Hall–Kier alpha value is -0.160. The van der Waals surface area contributed by atoms with E-state index in [4.69, 9.17) is 9.47 Å². The van der Waals surface area contributed by atoms with Gasteiger partial charge in [0.2, 0.25) is 0 Å². The van der Waals surface area contributed by atoms with Crippen molar-refractivity contribution < 1.29 is 9.47 Å². The Labute approximate surface area is 326 Å². The van der Waals surface area contributed by atoms with Crippen molar-refractivity contribution in [2.24, 2.45) is 34.5 Å². The molecule has 3 atom stereocenters. The minimum atomic E-state index is 0.442. The molecule has 1 N–H and O–H groups in total. The molecule has 0 aromatic rings. The average Bonchev–Trinajstić information content (AvgIpc) is 3.20. The van der Waals surface area contributed by atoms with Gasteiger partial charge in [0.1, 0.15) is 0 Å². The molecule has 4 aliphatic carbocycles. The summed E-state index contributed by atoms with van der Waals surface area (Å²) in [4.78, 5) is 2.85. The lowest BCUT2D eigenvalue weighted by molar-refractivity contribution is -0.0434. The van der Waals surface area contributed by atoms with Crippen LogP contribution in [0, 0.1) is 34.5 Å². The predicted molar refractivity (Wildman–Crippen MR) is 227 cm³/mol. The van der Waals surface area contributed by atoms with Gasteiger partial charge in [0, 0.05) is 12.6 Å². The number of likely N-dealkylation sites (tertiary alicyclic amines) is 1. The Morgan fingerprint density at radius 2 is 1.04 bits per heavy atom. The molecule has 6 rings (SSSR count). The van der Waals surface area contributed by atoms with Gasteiger partial charge in [-0.2, -0.15) is 0 Å². The number of ether oxygens (including phenoxy) is 2. The van der Waals surface area contributed by atoms with Gasteiger partial charge in [0.25, 0.3) is 0 Å². The second kappa shape index (κ2) is 25.2. The first-order valence-corrected chi connectivity index (χ1v) is 24.0. The standard InChI is InChI=1S/C24H45NO.C14H27N.C8H16O.C2H6/c1-5-19(3)21-11-13-24(14-12-21)15-17-25(18-16-24)22-7-9-23(10-8-22)26-20(4)6-2;1-3-12(2)13-4-6-14(7-5-13)8-10-15-11-9-14;1-2-9-8-6-4-3-5-7-8;1-2/h19-23H,5-18H2,1-4H3;12-13,15H,3-11H2,1-2H3;8H,2-7H2,1H3;1-2H3. The van der Waals surface area contributed by atoms with Gasteiger partial charge < -0.3 is 19.7 Å². The lowest BCUT2D eigenvalue weighted by Crippen LogP contribution is -2.48. The monoisotopic (exact) mass is 731 g/mol. The third-order valence-electron chi connectivity index (χ3n) is 15.7. The molecule has 0 aromatic carbocycles. The Kier molecular flexibility index (Phi) is 22.4. The first-order valence-electron chi connectivity index (χ1n) is 24.0. The van der Waals surface area contributed by atoms with Crippen molar-refractivity contribution in [1.82, 2.24) is 10.2 Å². The van der Waals surface area contributed by atoms with Gasteiger partial charge in [-0.3, -0.25) is 0 Å². The van der Waals surface area contributed by atoms with E-state index >= 15 is 0 Å². The van der Waals surface area contributed by atoms with Crippen LogP contribution in [0.2, 0.25) is 0 Å². The van der Waals surface area contributed by atoms with Crippen LogP contribution < -0.4 is 5.32 Å². The molecule has 2 heterocycles. The maximum atomic E-state index is 6.19. The molecule has 52 heavy (non-hydrogen) atoms. The minimum Gasteiger partial charge on any atom is -0.379 e. The van der Waals surface area contributed by atoms with Gasteiger partial charge >= 0.3 is 0 Å². The molecular weight excluding hydrogens is 637 g/mol. The lowest BCUT2D eigenvalue weighted by atomic mass is 9.63. The number of rotatable bonds is 10. The van der Waals surface area contributed by atoms with E-state index < -0.39 is 0 Å². The summed E-state index contributed by atoms with van der Waals surface area (Å²) in [6.45, 7) is 26.4. The molecule has 3 unspecified atom stereocenters. The van der Waals surface area contributed by atoms with E-state index in [0.717, 1.165) is 53.6 Å². The summed E-state index contributed by atoms with van der Waals surface area (Å²) in [5.74, 6) is 3.96. The van der Waals surface area contributed by atoms with Crippen LogP contribution >= 0.6 is 0 Å². The van der Waals surface area contributed by atoms with Gasteiger partial charge in [-0.25, -0.2) is 0 Å². The third-order valence-corrected chi connectivity index (χ3v) is 15.7. The molecule has 0 aromatic heterocycles. The smallest absolute Gasteiger partial charge is 0.0580 e. The van der Waals surface area contributed by atoms with Crippen LogP contribution in [0.15, 0.2) is 0 Å². The quantitative estimate of drug-likeness (QED) is 0.243. The predicted octanol–water partition coefficient (Wildman–Crippen LogP) is 13.4. The Balaban J connectivity index is 0.000000235. The van der Waals surface area contributed by atoms with Gasteiger partial charge in [-0.1, -0.05) is 80.6 Å². The topological polar surface area (TPSA) is 33.7 Å².